The molecule has 1 amide bonds. The maximum absolute atomic E-state index is 12.4. The van der Waals surface area contributed by atoms with Crippen LogP contribution < -0.4 is 10.1 Å². The van der Waals surface area contributed by atoms with Gasteiger partial charge in [0.05, 0.1) is 16.8 Å². The van der Waals surface area contributed by atoms with E-state index in [0.29, 0.717) is 26.6 Å². The molecule has 0 aliphatic heterocycles. The Balaban J connectivity index is 1.67. The number of nitrogens with one attached hydrogen (secondary N) is 1. The summed E-state index contributed by atoms with van der Waals surface area (Å²) in [5, 5.41) is 4.43. The maximum Gasteiger partial charge on any atom is 0.279 e. The Kier molecular flexibility index (Phi) is 6.25. The van der Waals surface area contributed by atoms with Gasteiger partial charge in [-0.2, -0.15) is 0 Å². The van der Waals surface area contributed by atoms with Crippen molar-refractivity contribution >= 4 is 40.4 Å². The van der Waals surface area contributed by atoms with Crippen LogP contribution >= 0.6 is 34.5 Å². The molecule has 7 heteroatoms. The van der Waals surface area contributed by atoms with Crippen LogP contribution in [0.3, 0.4) is 0 Å². The molecule has 142 valence electrons. The molecular formula is C21H16Cl2N2O2S. The van der Waals surface area contributed by atoms with Gasteiger partial charge < -0.3 is 10.1 Å². The monoisotopic (exact) mass is 430 g/mol. The van der Waals surface area contributed by atoms with Gasteiger partial charge in [0.25, 0.3) is 11.1 Å². The molecule has 3 aromatic rings. The average Bonchev–Trinajstić information content (AvgIpc) is 3.10. The topological polar surface area (TPSA) is 51.2 Å². The number of hydrogen-bond acceptors (Lipinski definition) is 4. The summed E-state index contributed by atoms with van der Waals surface area (Å²) in [7, 11) is 0. The summed E-state index contributed by atoms with van der Waals surface area (Å²) in [6.07, 6.45) is 1.63. The number of carbonyl (C=O) groups is 1. The number of nitrogens with zero attached hydrogens (tertiary/aromatic N) is 1. The largest absolute Gasteiger partial charge is 0.429 e. The number of amides is 1. The highest BCUT2D eigenvalue weighted by atomic mass is 35.5. The number of thiazole rings is 1. The zero-order valence-electron chi connectivity index (χ0n) is 15.1. The van der Waals surface area contributed by atoms with Crippen LogP contribution in [-0.2, 0) is 0 Å². The van der Waals surface area contributed by atoms with Crippen LogP contribution in [0.4, 0.5) is 0 Å². The molecule has 3 rings (SSSR count). The maximum atomic E-state index is 12.4. The summed E-state index contributed by atoms with van der Waals surface area (Å²) in [4.78, 5) is 17.3. The molecule has 0 atom stereocenters. The van der Waals surface area contributed by atoms with Gasteiger partial charge >= 0.3 is 0 Å². The fraction of sp³-hybridized carbons (Fsp3) is 0.143. The number of aromatic nitrogens is 1. The average molecular weight is 431 g/mol. The molecule has 0 aliphatic rings. The molecule has 0 bridgehead atoms. The van der Waals surface area contributed by atoms with Gasteiger partial charge in [0.15, 0.2) is 0 Å². The van der Waals surface area contributed by atoms with Crippen molar-refractivity contribution in [1.29, 1.82) is 0 Å². The summed E-state index contributed by atoms with van der Waals surface area (Å²) in [5.41, 5.74) is -0.211. The second kappa shape index (κ2) is 8.66. The molecule has 0 radical (unpaired) electrons. The van der Waals surface area contributed by atoms with Gasteiger partial charge in [0, 0.05) is 10.6 Å². The molecule has 0 spiro atoms. The lowest BCUT2D eigenvalue weighted by Crippen LogP contribution is -2.42. The highest BCUT2D eigenvalue weighted by Crippen LogP contribution is 2.31. The van der Waals surface area contributed by atoms with Crippen LogP contribution in [0.25, 0.3) is 0 Å². The summed E-state index contributed by atoms with van der Waals surface area (Å²) in [6.45, 7) is 3.66. The van der Waals surface area contributed by atoms with E-state index in [-0.39, 0.29) is 5.91 Å². The lowest BCUT2D eigenvalue weighted by Gasteiger charge is -2.19. The normalized spacial score (nSPS) is 10.7. The van der Waals surface area contributed by atoms with Gasteiger partial charge in [-0.3, -0.25) is 4.79 Å². The molecule has 2 aromatic carbocycles. The molecule has 1 N–H and O–H groups in total. The minimum absolute atomic E-state index is 0.219. The van der Waals surface area contributed by atoms with Crippen molar-refractivity contribution in [2.24, 2.45) is 0 Å². The number of rotatable bonds is 4. The number of para-hydroxylation sites is 1. The number of carbonyl (C=O) groups excluding carboxylic acids is 1. The molecule has 28 heavy (non-hydrogen) atoms. The third-order valence-corrected chi connectivity index (χ3v) is 4.90. The summed E-state index contributed by atoms with van der Waals surface area (Å²) < 4.78 is 5.68. The highest BCUT2D eigenvalue weighted by Gasteiger charge is 2.18. The van der Waals surface area contributed by atoms with Crippen molar-refractivity contribution < 1.29 is 9.53 Å². The minimum Gasteiger partial charge on any atom is -0.429 e. The van der Waals surface area contributed by atoms with E-state index in [2.05, 4.69) is 22.1 Å². The van der Waals surface area contributed by atoms with Crippen molar-refractivity contribution in [3.05, 3.63) is 75.2 Å². The molecule has 1 aromatic heterocycles. The van der Waals surface area contributed by atoms with Gasteiger partial charge in [-0.15, -0.1) is 0 Å². The van der Waals surface area contributed by atoms with E-state index < -0.39 is 5.54 Å². The van der Waals surface area contributed by atoms with Crippen molar-refractivity contribution in [1.82, 2.24) is 10.3 Å². The van der Waals surface area contributed by atoms with Crippen LogP contribution in [0, 0.1) is 11.8 Å². The lowest BCUT2D eigenvalue weighted by atomic mass is 10.1. The zero-order chi connectivity index (χ0) is 20.1. The summed E-state index contributed by atoms with van der Waals surface area (Å²) >= 11 is 13.2. The Morgan fingerprint density at radius 2 is 1.86 bits per heavy atom. The van der Waals surface area contributed by atoms with Crippen LogP contribution in [0.2, 0.25) is 10.0 Å². The number of halogens is 2. The highest BCUT2D eigenvalue weighted by molar-refractivity contribution is 7.13. The third-order valence-electron chi connectivity index (χ3n) is 3.55. The van der Waals surface area contributed by atoms with E-state index >= 15 is 0 Å². The van der Waals surface area contributed by atoms with Crippen LogP contribution in [0.5, 0.6) is 10.9 Å². The Bertz CT molecular complexity index is 1050. The van der Waals surface area contributed by atoms with Gasteiger partial charge in [0.2, 0.25) is 0 Å². The van der Waals surface area contributed by atoms with Crippen molar-refractivity contribution in [2.75, 3.05) is 0 Å². The van der Waals surface area contributed by atoms with E-state index in [0.717, 1.165) is 4.88 Å². The van der Waals surface area contributed by atoms with Crippen molar-refractivity contribution in [2.45, 2.75) is 19.4 Å². The van der Waals surface area contributed by atoms with Crippen LogP contribution in [-0.4, -0.2) is 16.4 Å². The number of benzene rings is 2. The predicted molar refractivity (Wildman–Crippen MR) is 114 cm³/mol. The van der Waals surface area contributed by atoms with Crippen LogP contribution in [0.15, 0.2) is 54.7 Å². The van der Waals surface area contributed by atoms with E-state index in [9.17, 15) is 4.79 Å². The van der Waals surface area contributed by atoms with Gasteiger partial charge in [-0.05, 0) is 50.2 Å². The molecule has 0 saturated carbocycles. The zero-order valence-corrected chi connectivity index (χ0v) is 17.5. The van der Waals surface area contributed by atoms with E-state index in [1.165, 1.54) is 11.3 Å². The molecule has 4 nitrogen and oxygen atoms in total. The van der Waals surface area contributed by atoms with Crippen molar-refractivity contribution in [3.8, 4) is 22.8 Å². The summed E-state index contributed by atoms with van der Waals surface area (Å²) in [5.74, 6) is 6.40. The molecule has 0 aliphatic carbocycles. The van der Waals surface area contributed by atoms with Gasteiger partial charge in [0.1, 0.15) is 10.6 Å². The second-order valence-electron chi connectivity index (χ2n) is 6.36. The third kappa shape index (κ3) is 5.49. The Hall–Kier alpha value is -2.52. The van der Waals surface area contributed by atoms with Gasteiger partial charge in [-0.1, -0.05) is 58.5 Å². The molecular weight excluding hydrogens is 415 g/mol. The standard InChI is InChI=1S/C21H16Cl2N2O2S/c1-21(2,25-19(26)14-7-9-15(22)10-8-14)12-11-16-13-24-20(28-16)27-18-6-4-3-5-17(18)23/h3-10,13H,1-2H3,(H,25,26). The number of ether oxygens (including phenoxy) is 1. The first-order valence-electron chi connectivity index (χ1n) is 8.32. The first-order chi connectivity index (χ1) is 13.3. The quantitative estimate of drug-likeness (QED) is 0.531. The van der Waals surface area contributed by atoms with Gasteiger partial charge in [-0.25, -0.2) is 4.98 Å². The number of hydrogen-bond donors (Lipinski definition) is 1. The smallest absolute Gasteiger partial charge is 0.279 e. The van der Waals surface area contributed by atoms with Crippen LogP contribution in [0.1, 0.15) is 29.1 Å². The molecule has 0 saturated heterocycles. The van der Waals surface area contributed by atoms with Crippen molar-refractivity contribution in [3.63, 3.8) is 0 Å². The fourth-order valence-corrected chi connectivity index (χ4v) is 3.12. The lowest BCUT2D eigenvalue weighted by molar-refractivity contribution is 0.0930. The Morgan fingerprint density at radius 3 is 2.57 bits per heavy atom. The van der Waals surface area contributed by atoms with E-state index in [1.807, 2.05) is 26.0 Å². The first-order valence-corrected chi connectivity index (χ1v) is 9.89. The van der Waals surface area contributed by atoms with E-state index in [4.69, 9.17) is 27.9 Å². The molecule has 0 fully saturated rings. The minimum atomic E-state index is -0.732. The second-order valence-corrected chi connectivity index (χ2v) is 8.20. The fourth-order valence-electron chi connectivity index (χ4n) is 2.19. The van der Waals surface area contributed by atoms with E-state index in [1.54, 1.807) is 42.6 Å². The first kappa shape index (κ1) is 20.2. The summed E-state index contributed by atoms with van der Waals surface area (Å²) in [6, 6.07) is 13.9. The molecule has 1 heterocycles. The SMILES string of the molecule is CC(C)(C#Cc1cnc(Oc2ccccc2Cl)s1)NC(=O)c1ccc(Cl)cc1. The predicted octanol–water partition coefficient (Wildman–Crippen LogP) is 5.80. The Labute approximate surface area is 177 Å². The molecule has 0 unspecified atom stereocenters. The Morgan fingerprint density at radius 1 is 1.14 bits per heavy atom.